The summed E-state index contributed by atoms with van der Waals surface area (Å²) in [6.07, 6.45) is -0.139. The van der Waals surface area contributed by atoms with Gasteiger partial charge < -0.3 is 5.73 Å². The highest BCUT2D eigenvalue weighted by atomic mass is 36.0. The molecule has 0 aliphatic rings. The maximum absolute atomic E-state index is 9.95. The van der Waals surface area contributed by atoms with Gasteiger partial charge in [0.15, 0.2) is 0 Å². The van der Waals surface area contributed by atoms with Crippen molar-refractivity contribution in [2.75, 3.05) is 0 Å². The molecule has 5 nitrogen and oxygen atoms in total. The van der Waals surface area contributed by atoms with Gasteiger partial charge in [0.25, 0.3) is 0 Å². The number of hydrogen-bond acceptors (Lipinski definition) is 4. The van der Waals surface area contributed by atoms with Crippen molar-refractivity contribution in [2.45, 2.75) is 13.3 Å². The summed E-state index contributed by atoms with van der Waals surface area (Å²) in [5.74, 6) is -0.750. The molecule has 0 saturated heterocycles. The number of nitrogens with two attached hydrogens (primary N) is 1. The zero-order valence-corrected chi connectivity index (χ0v) is 8.41. The summed E-state index contributed by atoms with van der Waals surface area (Å²) in [6.45, 7) is 1.32. The number of halogens is 2. The molecule has 2 N–H and O–H groups in total. The van der Waals surface area contributed by atoms with Crippen LogP contribution in [0.2, 0.25) is 0 Å². The van der Waals surface area contributed by atoms with Gasteiger partial charge in [0.2, 0.25) is 5.91 Å². The molecular formula is C4H7Cl2NO4S. The van der Waals surface area contributed by atoms with E-state index < -0.39 is 14.2 Å². The summed E-state index contributed by atoms with van der Waals surface area (Å²) in [5, 5.41) is 0. The standard InChI is InChI=1S/C4H7NO2.Cl2O2S/c1-3(6)2-4(5)7;1-5(2,3)4/h2H2,1H3,(H2,5,7);. The van der Waals surface area contributed by atoms with Crippen LogP contribution in [0.1, 0.15) is 13.3 Å². The van der Waals surface area contributed by atoms with E-state index in [9.17, 15) is 9.59 Å². The minimum Gasteiger partial charge on any atom is -0.369 e. The monoisotopic (exact) mass is 235 g/mol. The van der Waals surface area contributed by atoms with Gasteiger partial charge in [-0.2, -0.15) is 8.42 Å². The van der Waals surface area contributed by atoms with Crippen LogP contribution in [-0.2, 0) is 17.9 Å². The highest BCUT2D eigenvalue weighted by molar-refractivity contribution is 8.31. The van der Waals surface area contributed by atoms with Gasteiger partial charge in [-0.3, -0.25) is 9.59 Å². The number of primary amides is 1. The first-order valence-electron chi connectivity index (χ1n) is 2.55. The summed E-state index contributed by atoms with van der Waals surface area (Å²) in [4.78, 5) is 19.8. The van der Waals surface area contributed by atoms with E-state index in [2.05, 4.69) is 27.1 Å². The van der Waals surface area contributed by atoms with E-state index >= 15 is 0 Å². The summed E-state index contributed by atoms with van der Waals surface area (Å²) in [5.41, 5.74) is 4.63. The molecule has 0 saturated carbocycles. The van der Waals surface area contributed by atoms with Gasteiger partial charge >= 0.3 is 8.26 Å². The Kier molecular flexibility index (Phi) is 7.36. The van der Waals surface area contributed by atoms with Gasteiger partial charge in [-0.05, 0) is 6.92 Å². The first kappa shape index (κ1) is 14.2. The molecule has 0 radical (unpaired) electrons. The Morgan fingerprint density at radius 3 is 1.58 bits per heavy atom. The van der Waals surface area contributed by atoms with Crippen molar-refractivity contribution in [3.8, 4) is 0 Å². The van der Waals surface area contributed by atoms with Gasteiger partial charge in [0.1, 0.15) is 5.78 Å². The number of carbonyl (C=O) groups excluding carboxylic acids is 2. The summed E-state index contributed by atoms with van der Waals surface area (Å²) >= 11 is 0. The van der Waals surface area contributed by atoms with Crippen molar-refractivity contribution in [3.63, 3.8) is 0 Å². The zero-order chi connectivity index (χ0) is 10.4. The van der Waals surface area contributed by atoms with Gasteiger partial charge in [-0.1, -0.05) is 0 Å². The second kappa shape index (κ2) is 6.22. The third kappa shape index (κ3) is 54.0. The molecule has 0 fully saturated rings. The quantitative estimate of drug-likeness (QED) is 0.545. The summed E-state index contributed by atoms with van der Waals surface area (Å²) in [6, 6.07) is 0. The van der Waals surface area contributed by atoms with Gasteiger partial charge in [0.05, 0.1) is 6.42 Å². The molecule has 0 spiro atoms. The number of rotatable bonds is 2. The van der Waals surface area contributed by atoms with E-state index in [1.54, 1.807) is 0 Å². The minimum atomic E-state index is -3.72. The topological polar surface area (TPSA) is 94.3 Å². The van der Waals surface area contributed by atoms with Gasteiger partial charge in [0, 0.05) is 21.4 Å². The van der Waals surface area contributed by atoms with Crippen LogP contribution >= 0.6 is 21.4 Å². The van der Waals surface area contributed by atoms with Crippen molar-refractivity contribution < 1.29 is 18.0 Å². The average molecular weight is 236 g/mol. The van der Waals surface area contributed by atoms with Crippen LogP contribution in [0.25, 0.3) is 0 Å². The molecule has 0 aromatic carbocycles. The smallest absolute Gasteiger partial charge is 0.317 e. The van der Waals surface area contributed by atoms with Crippen molar-refractivity contribution in [3.05, 3.63) is 0 Å². The Labute approximate surface area is 78.7 Å². The third-order valence-corrected chi connectivity index (χ3v) is 0.423. The molecule has 72 valence electrons. The molecule has 0 atom stereocenters. The van der Waals surface area contributed by atoms with Crippen LogP contribution in [0.4, 0.5) is 0 Å². The molecule has 8 heteroatoms. The molecular weight excluding hydrogens is 229 g/mol. The van der Waals surface area contributed by atoms with E-state index in [-0.39, 0.29) is 12.2 Å². The Balaban J connectivity index is 0. The Bertz CT molecular complexity index is 240. The normalized spacial score (nSPS) is 9.58. The number of carbonyl (C=O) groups is 2. The number of ketones is 1. The highest BCUT2D eigenvalue weighted by Gasteiger charge is 1.95. The van der Waals surface area contributed by atoms with Crippen LogP contribution in [0, 0.1) is 0 Å². The molecule has 0 heterocycles. The first-order chi connectivity index (χ1) is 5.13. The maximum Gasteiger partial charge on any atom is 0.317 e. The van der Waals surface area contributed by atoms with Crippen LogP contribution in [0.15, 0.2) is 0 Å². The number of Topliss-reactive ketones (excluding diaryl/α,β-unsaturated/α-hetero) is 1. The fraction of sp³-hybridized carbons (Fsp3) is 0.500. The van der Waals surface area contributed by atoms with Crippen LogP contribution in [0.5, 0.6) is 0 Å². The number of hydrogen-bond donors (Lipinski definition) is 1. The second-order valence-electron chi connectivity index (χ2n) is 1.72. The molecule has 0 rings (SSSR count). The lowest BCUT2D eigenvalue weighted by atomic mass is 10.3. The predicted octanol–water partition coefficient (Wildman–Crippen LogP) is 0.160. The van der Waals surface area contributed by atoms with E-state index in [4.69, 9.17) is 8.42 Å². The van der Waals surface area contributed by atoms with Crippen LogP contribution in [-0.4, -0.2) is 20.1 Å². The van der Waals surface area contributed by atoms with E-state index in [0.717, 1.165) is 0 Å². The SMILES string of the molecule is CC(=O)CC(N)=O.O=S(=O)(Cl)Cl. The number of amides is 1. The van der Waals surface area contributed by atoms with Gasteiger partial charge in [-0.25, -0.2) is 0 Å². The summed E-state index contributed by atoms with van der Waals surface area (Å²) < 4.78 is 18.3. The maximum atomic E-state index is 9.95. The largest absolute Gasteiger partial charge is 0.369 e. The van der Waals surface area contributed by atoms with Crippen LogP contribution in [0.3, 0.4) is 0 Å². The van der Waals surface area contributed by atoms with Gasteiger partial charge in [-0.15, -0.1) is 0 Å². The van der Waals surface area contributed by atoms with Crippen molar-refractivity contribution in [1.82, 2.24) is 0 Å². The van der Waals surface area contributed by atoms with E-state index in [1.807, 2.05) is 0 Å². The molecule has 12 heavy (non-hydrogen) atoms. The highest BCUT2D eigenvalue weighted by Crippen LogP contribution is 1.98. The third-order valence-electron chi connectivity index (χ3n) is 0.423. The molecule has 0 aromatic heterocycles. The molecule has 1 amide bonds. The molecule has 0 unspecified atom stereocenters. The Morgan fingerprint density at radius 1 is 1.33 bits per heavy atom. The lowest BCUT2D eigenvalue weighted by molar-refractivity contribution is -0.125. The van der Waals surface area contributed by atoms with Crippen molar-refractivity contribution >= 4 is 41.3 Å². The van der Waals surface area contributed by atoms with Crippen LogP contribution < -0.4 is 5.73 Å². The predicted molar refractivity (Wildman–Crippen MR) is 45.1 cm³/mol. The minimum absolute atomic E-state index is 0.139. The molecule has 0 aromatic rings. The molecule has 0 bridgehead atoms. The zero-order valence-electron chi connectivity index (χ0n) is 6.08. The van der Waals surface area contributed by atoms with E-state index in [0.29, 0.717) is 0 Å². The van der Waals surface area contributed by atoms with Crippen molar-refractivity contribution in [1.29, 1.82) is 0 Å². The average Bonchev–Trinajstić information content (AvgIpc) is 1.52. The molecule has 0 aliphatic carbocycles. The van der Waals surface area contributed by atoms with E-state index in [1.165, 1.54) is 6.92 Å². The van der Waals surface area contributed by atoms with Crippen molar-refractivity contribution in [2.24, 2.45) is 5.73 Å². The fourth-order valence-corrected chi connectivity index (χ4v) is 0.245. The summed E-state index contributed by atoms with van der Waals surface area (Å²) in [7, 11) is 4.81. The lowest BCUT2D eigenvalue weighted by Gasteiger charge is -1.82. The fourth-order valence-electron chi connectivity index (χ4n) is 0.245. The Morgan fingerprint density at radius 2 is 1.58 bits per heavy atom. The Hall–Kier alpha value is -0.330. The lowest BCUT2D eigenvalue weighted by Crippen LogP contribution is -2.13. The first-order valence-corrected chi connectivity index (χ1v) is 5.68. The second-order valence-corrected chi connectivity index (χ2v) is 5.39. The molecule has 0 aliphatic heterocycles.